The van der Waals surface area contributed by atoms with Crippen LogP contribution in [0.15, 0.2) is 65.2 Å². The summed E-state index contributed by atoms with van der Waals surface area (Å²) < 4.78 is 105. The highest BCUT2D eigenvalue weighted by atomic mass is 32.1. The van der Waals surface area contributed by atoms with Crippen LogP contribution >= 0.6 is 22.7 Å². The summed E-state index contributed by atoms with van der Waals surface area (Å²) in [6, 6.07) is 4.02. The number of aromatic amines is 3. The lowest BCUT2D eigenvalue weighted by Crippen LogP contribution is -2.45. The van der Waals surface area contributed by atoms with E-state index in [0.29, 0.717) is 22.7 Å². The van der Waals surface area contributed by atoms with Gasteiger partial charge < -0.3 is 20.8 Å². The van der Waals surface area contributed by atoms with Gasteiger partial charge in [-0.15, -0.1) is 0 Å². The van der Waals surface area contributed by atoms with Crippen molar-refractivity contribution in [2.75, 3.05) is 5.84 Å². The van der Waals surface area contributed by atoms with Crippen LogP contribution in [0, 0.1) is 11.6 Å². The first-order chi connectivity index (χ1) is 21.8. The normalized spacial score (nSPS) is 12.0. The van der Waals surface area contributed by atoms with Gasteiger partial charge in [-0.1, -0.05) is 22.7 Å². The Kier molecular flexibility index (Phi) is 7.92. The van der Waals surface area contributed by atoms with E-state index >= 15 is 0 Å². The summed E-state index contributed by atoms with van der Waals surface area (Å²) in [5.74, 6) is 2.99. The molecule has 0 amide bonds. The SMILES string of the molecule is Nn1c(C(F)(F)F)cc(=O)n(-c2cc3[nH]c(=O)sc3cc2F)c1=O.O=c1[nH]c2cc(-n3c(=O)cc(C(F)(F)F)[nH]c3=O)c(F)cc2s1. The van der Waals surface area contributed by atoms with Crippen LogP contribution in [0.2, 0.25) is 0 Å². The first kappa shape index (κ1) is 32.8. The van der Waals surface area contributed by atoms with E-state index in [1.165, 1.54) is 4.98 Å². The first-order valence-electron chi connectivity index (χ1n) is 12.1. The van der Waals surface area contributed by atoms with E-state index < -0.39 is 79.0 Å². The van der Waals surface area contributed by atoms with E-state index in [2.05, 4.69) is 9.97 Å². The maximum atomic E-state index is 14.2. The molecule has 0 atom stereocenters. The Morgan fingerprint density at radius 3 is 1.53 bits per heavy atom. The molecule has 0 aliphatic carbocycles. The molecule has 23 heteroatoms. The minimum absolute atomic E-state index is 0.0847. The second kappa shape index (κ2) is 11.3. The van der Waals surface area contributed by atoms with E-state index in [1.54, 1.807) is 0 Å². The standard InChI is InChI=1S/C12H6F4N4O3S.C12H5F4N3O3S/c13-4-1-7-5(18-10(22)24-7)2-6(4)19-9(21)3-8(12(14,15)16)20(17)11(19)23;13-4-1-7-5(17-11(22)23-7)2-6(4)19-9(20)3-8(12(14,15)16)18-10(19)21/h1-3H,17H2,(H,18,22);1-3H,(H,17,22)(H,18,21). The van der Waals surface area contributed by atoms with Gasteiger partial charge in [-0.05, 0) is 24.3 Å². The maximum absolute atomic E-state index is 14.2. The molecular formula is C24H11F8N7O6S2. The molecule has 6 aromatic rings. The highest BCUT2D eigenvalue weighted by Crippen LogP contribution is 2.28. The molecule has 246 valence electrons. The molecule has 4 aromatic heterocycles. The number of thiazole rings is 2. The Bertz CT molecular complexity index is 2550. The minimum atomic E-state index is -5.03. The lowest BCUT2D eigenvalue weighted by molar-refractivity contribution is -0.143. The number of H-pyrrole nitrogens is 3. The van der Waals surface area contributed by atoms with Crippen LogP contribution in [0.1, 0.15) is 11.4 Å². The van der Waals surface area contributed by atoms with Gasteiger partial charge in [0.1, 0.15) is 17.3 Å². The van der Waals surface area contributed by atoms with E-state index in [-0.39, 0.29) is 46.4 Å². The smallest absolute Gasteiger partial charge is 0.335 e. The Balaban J connectivity index is 0.000000185. The van der Waals surface area contributed by atoms with Crippen molar-refractivity contribution in [1.82, 2.24) is 28.8 Å². The number of halogens is 8. The number of hydrogen-bond acceptors (Lipinski definition) is 9. The highest BCUT2D eigenvalue weighted by Gasteiger charge is 2.36. The Hall–Kier alpha value is -5.58. The van der Waals surface area contributed by atoms with Crippen LogP contribution < -0.4 is 38.1 Å². The predicted octanol–water partition coefficient (Wildman–Crippen LogP) is 2.36. The van der Waals surface area contributed by atoms with Gasteiger partial charge in [0.05, 0.1) is 31.8 Å². The van der Waals surface area contributed by atoms with E-state index in [9.17, 15) is 63.9 Å². The summed E-state index contributed by atoms with van der Waals surface area (Å²) >= 11 is 1.40. The van der Waals surface area contributed by atoms with Gasteiger partial charge in [0.2, 0.25) is 0 Å². The number of rotatable bonds is 2. The van der Waals surface area contributed by atoms with E-state index in [0.717, 1.165) is 24.3 Å². The van der Waals surface area contributed by atoms with E-state index in [1.807, 2.05) is 0 Å². The number of benzene rings is 2. The molecule has 5 N–H and O–H groups in total. The Morgan fingerprint density at radius 1 is 0.617 bits per heavy atom. The zero-order valence-corrected chi connectivity index (χ0v) is 23.8. The van der Waals surface area contributed by atoms with Crippen LogP contribution in [0.5, 0.6) is 0 Å². The number of nitrogens with one attached hydrogen (secondary N) is 3. The van der Waals surface area contributed by atoms with Crippen LogP contribution in [0.3, 0.4) is 0 Å². The summed E-state index contributed by atoms with van der Waals surface area (Å²) in [5, 5.41) is 0. The average Bonchev–Trinajstić information content (AvgIpc) is 3.49. The lowest BCUT2D eigenvalue weighted by atomic mass is 10.2. The third kappa shape index (κ3) is 6.16. The van der Waals surface area contributed by atoms with Crippen LogP contribution in [-0.4, -0.2) is 28.8 Å². The number of hydrogen-bond donors (Lipinski definition) is 4. The van der Waals surface area contributed by atoms with Crippen molar-refractivity contribution in [3.8, 4) is 11.4 Å². The monoisotopic (exact) mass is 709 g/mol. The average molecular weight is 710 g/mol. The topological polar surface area (TPSA) is 191 Å². The molecule has 0 saturated heterocycles. The van der Waals surface area contributed by atoms with Crippen LogP contribution in [0.25, 0.3) is 31.8 Å². The predicted molar refractivity (Wildman–Crippen MR) is 151 cm³/mol. The first-order valence-corrected chi connectivity index (χ1v) is 13.7. The van der Waals surface area contributed by atoms with Crippen molar-refractivity contribution < 1.29 is 35.1 Å². The molecule has 0 aliphatic rings. The van der Waals surface area contributed by atoms with Gasteiger partial charge in [-0.25, -0.2) is 32.2 Å². The van der Waals surface area contributed by atoms with Gasteiger partial charge >= 0.3 is 33.5 Å². The zero-order chi connectivity index (χ0) is 34.7. The summed E-state index contributed by atoms with van der Waals surface area (Å²) in [7, 11) is 0. The number of aromatic nitrogens is 6. The fraction of sp³-hybridized carbons (Fsp3) is 0.0833. The molecule has 0 saturated carbocycles. The summed E-state index contributed by atoms with van der Waals surface area (Å²) in [6.07, 6.45) is -9.95. The number of alkyl halides is 6. The van der Waals surface area contributed by atoms with Gasteiger partial charge in [-0.3, -0.25) is 19.2 Å². The molecular weight excluding hydrogens is 698 g/mol. The van der Waals surface area contributed by atoms with Crippen LogP contribution in [0.4, 0.5) is 35.1 Å². The Labute approximate surface area is 257 Å². The summed E-state index contributed by atoms with van der Waals surface area (Å²) in [5.41, 5.74) is -9.90. The fourth-order valence-electron chi connectivity index (χ4n) is 4.14. The molecule has 2 aromatic carbocycles. The molecule has 0 unspecified atom stereocenters. The summed E-state index contributed by atoms with van der Waals surface area (Å²) in [4.78, 5) is 75.2. The third-order valence-corrected chi connectivity index (χ3v) is 7.82. The van der Waals surface area contributed by atoms with Crippen molar-refractivity contribution in [2.24, 2.45) is 0 Å². The molecule has 13 nitrogen and oxygen atoms in total. The molecule has 0 fully saturated rings. The summed E-state index contributed by atoms with van der Waals surface area (Å²) in [6.45, 7) is 0. The van der Waals surface area contributed by atoms with Crippen LogP contribution in [-0.2, 0) is 12.4 Å². The second-order valence-electron chi connectivity index (χ2n) is 9.14. The highest BCUT2D eigenvalue weighted by molar-refractivity contribution is 7.16. The Morgan fingerprint density at radius 2 is 1.09 bits per heavy atom. The second-order valence-corrected chi connectivity index (χ2v) is 11.2. The molecule has 6 rings (SSSR count). The number of nitrogens with two attached hydrogens (primary N) is 1. The van der Waals surface area contributed by atoms with Crippen molar-refractivity contribution in [2.45, 2.75) is 12.4 Å². The van der Waals surface area contributed by atoms with Gasteiger partial charge in [-0.2, -0.15) is 26.3 Å². The molecule has 0 aliphatic heterocycles. The minimum Gasteiger partial charge on any atom is -0.335 e. The molecule has 0 spiro atoms. The quantitative estimate of drug-likeness (QED) is 0.157. The zero-order valence-electron chi connectivity index (χ0n) is 22.2. The third-order valence-electron chi connectivity index (χ3n) is 6.12. The molecule has 47 heavy (non-hydrogen) atoms. The van der Waals surface area contributed by atoms with Crippen molar-refractivity contribution in [3.63, 3.8) is 0 Å². The van der Waals surface area contributed by atoms with Crippen molar-refractivity contribution >= 4 is 43.1 Å². The lowest BCUT2D eigenvalue weighted by Gasteiger charge is -2.13. The van der Waals surface area contributed by atoms with Gasteiger partial charge in [0.25, 0.3) is 11.1 Å². The molecule has 4 heterocycles. The molecule has 0 radical (unpaired) electrons. The van der Waals surface area contributed by atoms with Gasteiger partial charge in [0.15, 0.2) is 5.69 Å². The molecule has 0 bridgehead atoms. The van der Waals surface area contributed by atoms with Crippen molar-refractivity contribution in [1.29, 1.82) is 0 Å². The van der Waals surface area contributed by atoms with E-state index in [4.69, 9.17) is 5.84 Å². The number of nitrogens with zero attached hydrogens (tertiary/aromatic N) is 3. The maximum Gasteiger partial charge on any atom is 0.433 e. The number of nitrogen functional groups attached to an aromatic ring is 1. The van der Waals surface area contributed by atoms with Crippen molar-refractivity contribution in [3.05, 3.63) is 120 Å². The van der Waals surface area contributed by atoms with Gasteiger partial charge in [0, 0.05) is 12.1 Å². The fourth-order valence-corrected chi connectivity index (χ4v) is 5.62. The number of fused-ring (bicyclic) bond motifs is 2. The largest absolute Gasteiger partial charge is 0.433 e.